The van der Waals surface area contributed by atoms with E-state index in [1.54, 1.807) is 11.3 Å². The Morgan fingerprint density at radius 1 is 1.48 bits per heavy atom. The normalized spacial score (nSPS) is 39.7. The molecule has 1 saturated heterocycles. The monoisotopic (exact) mass is 326 g/mol. The first-order chi connectivity index (χ1) is 9.87. The molecule has 1 spiro atoms. The standard InChI is InChI=1S/C15H22N2O2S2/c1-14(2)11-3-5-15(14)9-21(18,19)17(13(15)7-11)6-4-12-8-20-10-16-12/h8,10-11,13H,3-7,9H2,1-2H3/t11-,13-,15?/m1/s1. The van der Waals surface area contributed by atoms with E-state index in [-0.39, 0.29) is 16.9 Å². The zero-order chi connectivity index (χ0) is 14.9. The zero-order valence-corrected chi connectivity index (χ0v) is 14.2. The van der Waals surface area contributed by atoms with Crippen LogP contribution >= 0.6 is 11.3 Å². The van der Waals surface area contributed by atoms with Crippen molar-refractivity contribution in [2.45, 2.75) is 45.6 Å². The van der Waals surface area contributed by atoms with Gasteiger partial charge in [-0.25, -0.2) is 13.4 Å². The minimum absolute atomic E-state index is 0.00141. The molecule has 2 saturated carbocycles. The molecule has 0 N–H and O–H groups in total. The van der Waals surface area contributed by atoms with E-state index in [9.17, 15) is 8.42 Å². The molecule has 4 rings (SSSR count). The molecule has 4 nitrogen and oxygen atoms in total. The van der Waals surface area contributed by atoms with E-state index in [0.717, 1.165) is 25.0 Å². The third kappa shape index (κ3) is 1.75. The Hall–Kier alpha value is -0.460. The minimum atomic E-state index is -3.11. The summed E-state index contributed by atoms with van der Waals surface area (Å²) in [6, 6.07) is 0.231. The molecule has 2 aliphatic carbocycles. The van der Waals surface area contributed by atoms with Crippen molar-refractivity contribution in [1.82, 2.24) is 9.29 Å². The second-order valence-electron chi connectivity index (χ2n) is 7.46. The maximum atomic E-state index is 12.7. The number of fused-ring (bicyclic) bond motifs is 1. The molecule has 3 aliphatic rings. The van der Waals surface area contributed by atoms with Gasteiger partial charge in [0.2, 0.25) is 10.0 Å². The van der Waals surface area contributed by atoms with Crippen molar-refractivity contribution in [3.8, 4) is 0 Å². The highest BCUT2D eigenvalue weighted by molar-refractivity contribution is 7.89. The quantitative estimate of drug-likeness (QED) is 0.857. The number of aromatic nitrogens is 1. The van der Waals surface area contributed by atoms with Crippen LogP contribution in [-0.4, -0.2) is 36.0 Å². The van der Waals surface area contributed by atoms with Crippen LogP contribution in [0.3, 0.4) is 0 Å². The van der Waals surface area contributed by atoms with E-state index in [2.05, 4.69) is 18.8 Å². The van der Waals surface area contributed by atoms with Gasteiger partial charge in [0.25, 0.3) is 0 Å². The summed E-state index contributed by atoms with van der Waals surface area (Å²) < 4.78 is 27.3. The van der Waals surface area contributed by atoms with Crippen molar-refractivity contribution >= 4 is 21.4 Å². The Bertz CT molecular complexity index is 653. The number of hydrogen-bond donors (Lipinski definition) is 0. The topological polar surface area (TPSA) is 50.3 Å². The highest BCUT2D eigenvalue weighted by atomic mass is 32.2. The van der Waals surface area contributed by atoms with Crippen LogP contribution in [0.5, 0.6) is 0 Å². The molecular weight excluding hydrogens is 304 g/mol. The van der Waals surface area contributed by atoms with Crippen LogP contribution in [0.2, 0.25) is 0 Å². The van der Waals surface area contributed by atoms with E-state index in [1.165, 1.54) is 6.42 Å². The average Bonchev–Trinajstić information content (AvgIpc) is 3.08. The molecule has 3 atom stereocenters. The summed E-state index contributed by atoms with van der Waals surface area (Å²) in [7, 11) is -3.11. The van der Waals surface area contributed by atoms with Crippen molar-refractivity contribution in [2.75, 3.05) is 12.3 Å². The number of thiazole rings is 1. The molecule has 116 valence electrons. The third-order valence-corrected chi connectivity index (χ3v) is 9.27. The predicted molar refractivity (Wildman–Crippen MR) is 83.7 cm³/mol. The van der Waals surface area contributed by atoms with E-state index >= 15 is 0 Å². The molecule has 1 aliphatic heterocycles. The van der Waals surface area contributed by atoms with E-state index < -0.39 is 10.0 Å². The molecule has 1 unspecified atom stereocenters. The van der Waals surface area contributed by atoms with E-state index in [4.69, 9.17) is 0 Å². The van der Waals surface area contributed by atoms with Gasteiger partial charge in [0, 0.05) is 29.8 Å². The Morgan fingerprint density at radius 3 is 2.95 bits per heavy atom. The van der Waals surface area contributed by atoms with Gasteiger partial charge in [-0.2, -0.15) is 4.31 Å². The van der Waals surface area contributed by atoms with Crippen molar-refractivity contribution in [3.63, 3.8) is 0 Å². The molecule has 1 aromatic rings. The Morgan fingerprint density at radius 2 is 2.29 bits per heavy atom. The highest BCUT2D eigenvalue weighted by Crippen LogP contribution is 2.69. The highest BCUT2D eigenvalue weighted by Gasteiger charge is 2.71. The lowest BCUT2D eigenvalue weighted by molar-refractivity contribution is 0.114. The summed E-state index contributed by atoms with van der Waals surface area (Å²) in [4.78, 5) is 4.28. The summed E-state index contributed by atoms with van der Waals surface area (Å²) in [5, 5.41) is 2.02. The molecule has 3 fully saturated rings. The lowest BCUT2D eigenvalue weighted by Crippen LogP contribution is -2.42. The molecule has 2 bridgehead atoms. The van der Waals surface area contributed by atoms with E-state index in [1.807, 2.05) is 15.2 Å². The van der Waals surface area contributed by atoms with Gasteiger partial charge < -0.3 is 0 Å². The summed E-state index contributed by atoms with van der Waals surface area (Å²) in [5.41, 5.74) is 2.99. The first-order valence-corrected chi connectivity index (χ1v) is 10.3. The van der Waals surface area contributed by atoms with Crippen molar-refractivity contribution in [2.24, 2.45) is 16.7 Å². The number of rotatable bonds is 3. The van der Waals surface area contributed by atoms with Crippen molar-refractivity contribution < 1.29 is 8.42 Å². The lowest BCUT2D eigenvalue weighted by Gasteiger charge is -2.37. The predicted octanol–water partition coefficient (Wildman–Crippen LogP) is 2.53. The fraction of sp³-hybridized carbons (Fsp3) is 0.800. The number of nitrogens with zero attached hydrogens (tertiary/aromatic N) is 2. The molecule has 0 amide bonds. The van der Waals surface area contributed by atoms with Gasteiger partial charge in [0.05, 0.1) is 17.0 Å². The summed E-state index contributed by atoms with van der Waals surface area (Å²) in [5.74, 6) is 1.06. The lowest BCUT2D eigenvalue weighted by atomic mass is 9.69. The molecule has 0 radical (unpaired) electrons. The minimum Gasteiger partial charge on any atom is -0.250 e. The Balaban J connectivity index is 1.63. The first-order valence-electron chi connectivity index (χ1n) is 7.73. The van der Waals surface area contributed by atoms with Gasteiger partial charge in [0.15, 0.2) is 0 Å². The summed E-state index contributed by atoms with van der Waals surface area (Å²) >= 11 is 1.57. The van der Waals surface area contributed by atoms with Crippen LogP contribution in [-0.2, 0) is 16.4 Å². The van der Waals surface area contributed by atoms with Crippen molar-refractivity contribution in [1.29, 1.82) is 0 Å². The molecule has 2 heterocycles. The number of sulfonamides is 1. The largest absolute Gasteiger partial charge is 0.250 e. The zero-order valence-electron chi connectivity index (χ0n) is 12.6. The van der Waals surface area contributed by atoms with Gasteiger partial charge in [-0.15, -0.1) is 11.3 Å². The van der Waals surface area contributed by atoms with Gasteiger partial charge in [-0.3, -0.25) is 0 Å². The van der Waals surface area contributed by atoms with Crippen LogP contribution in [0.4, 0.5) is 0 Å². The molecule has 21 heavy (non-hydrogen) atoms. The van der Waals surface area contributed by atoms with Gasteiger partial charge in [0.1, 0.15) is 0 Å². The Kier molecular flexibility index (Phi) is 2.90. The van der Waals surface area contributed by atoms with Crippen LogP contribution in [0.1, 0.15) is 38.8 Å². The SMILES string of the molecule is CC1(C)[C@@H]2CCC13CS(=O)(=O)N(CCc1cscn1)[C@@H]3C2. The van der Waals surface area contributed by atoms with Gasteiger partial charge >= 0.3 is 0 Å². The average molecular weight is 326 g/mol. The van der Waals surface area contributed by atoms with E-state index in [0.29, 0.717) is 18.2 Å². The second-order valence-corrected chi connectivity index (χ2v) is 10.1. The molecule has 6 heteroatoms. The third-order valence-electron chi connectivity index (χ3n) is 6.61. The maximum absolute atomic E-state index is 12.7. The molecule has 0 aromatic carbocycles. The fourth-order valence-corrected chi connectivity index (χ4v) is 8.42. The Labute approximate surface area is 130 Å². The smallest absolute Gasteiger partial charge is 0.215 e. The fourth-order valence-electron chi connectivity index (χ4n) is 5.26. The maximum Gasteiger partial charge on any atom is 0.215 e. The second kappa shape index (κ2) is 4.30. The summed E-state index contributed by atoms with van der Waals surface area (Å²) in [6.45, 7) is 5.19. The van der Waals surface area contributed by atoms with Crippen LogP contribution < -0.4 is 0 Å². The molecular formula is C15H22N2O2S2. The molecule has 1 aromatic heterocycles. The first kappa shape index (κ1) is 14.2. The number of hydrogen-bond acceptors (Lipinski definition) is 4. The van der Waals surface area contributed by atoms with Crippen LogP contribution in [0, 0.1) is 16.7 Å². The van der Waals surface area contributed by atoms with Gasteiger partial charge in [-0.1, -0.05) is 13.8 Å². The van der Waals surface area contributed by atoms with Crippen LogP contribution in [0.15, 0.2) is 10.9 Å². The van der Waals surface area contributed by atoms with Gasteiger partial charge in [-0.05, 0) is 30.6 Å². The summed E-state index contributed by atoms with van der Waals surface area (Å²) in [6.07, 6.45) is 4.09. The van der Waals surface area contributed by atoms with Crippen LogP contribution in [0.25, 0.3) is 0 Å². The van der Waals surface area contributed by atoms with Crippen molar-refractivity contribution in [3.05, 3.63) is 16.6 Å².